The van der Waals surface area contributed by atoms with Gasteiger partial charge in [0.25, 0.3) is 0 Å². The number of rotatable bonds is 3. The lowest BCUT2D eigenvalue weighted by atomic mass is 9.80. The van der Waals surface area contributed by atoms with Crippen molar-refractivity contribution < 1.29 is 8.78 Å². The summed E-state index contributed by atoms with van der Waals surface area (Å²) in [6.45, 7) is 0. The van der Waals surface area contributed by atoms with E-state index < -0.39 is 5.92 Å². The highest BCUT2D eigenvalue weighted by Crippen LogP contribution is 2.41. The van der Waals surface area contributed by atoms with Crippen LogP contribution in [0.3, 0.4) is 0 Å². The monoisotopic (exact) mass is 239 g/mol. The van der Waals surface area contributed by atoms with E-state index in [-0.39, 0.29) is 18.9 Å². The van der Waals surface area contributed by atoms with Gasteiger partial charge in [-0.1, -0.05) is 30.3 Å². The summed E-state index contributed by atoms with van der Waals surface area (Å²) in [5, 5.41) is 3.27. The first-order valence-electron chi connectivity index (χ1n) is 6.22. The average molecular weight is 239 g/mol. The molecule has 0 spiro atoms. The molecule has 2 rings (SSSR count). The van der Waals surface area contributed by atoms with Crippen LogP contribution in [0.2, 0.25) is 0 Å². The molecule has 0 aliphatic heterocycles. The summed E-state index contributed by atoms with van der Waals surface area (Å²) in [5.41, 5.74) is 1.20. The number of hydrogen-bond donors (Lipinski definition) is 1. The second kappa shape index (κ2) is 5.13. The van der Waals surface area contributed by atoms with Crippen LogP contribution >= 0.6 is 0 Å². The van der Waals surface area contributed by atoms with Crippen molar-refractivity contribution in [1.82, 2.24) is 5.32 Å². The van der Waals surface area contributed by atoms with Crippen LogP contribution in [-0.4, -0.2) is 13.0 Å². The lowest BCUT2D eigenvalue weighted by Crippen LogP contribution is -2.32. The third-order valence-corrected chi connectivity index (χ3v) is 3.70. The SMILES string of the molecule is CNC(c1ccccc1)C1CCC(F)(F)CC1. The third-order valence-electron chi connectivity index (χ3n) is 3.70. The van der Waals surface area contributed by atoms with Crippen LogP contribution in [0, 0.1) is 5.92 Å². The quantitative estimate of drug-likeness (QED) is 0.846. The van der Waals surface area contributed by atoms with Gasteiger partial charge in [-0.15, -0.1) is 0 Å². The molecule has 1 aromatic carbocycles. The summed E-state index contributed by atoms with van der Waals surface area (Å²) in [6, 6.07) is 10.3. The Bertz CT molecular complexity index is 340. The van der Waals surface area contributed by atoms with Gasteiger partial charge in [0.05, 0.1) is 0 Å². The van der Waals surface area contributed by atoms with Crippen LogP contribution in [0.25, 0.3) is 0 Å². The number of benzene rings is 1. The van der Waals surface area contributed by atoms with Crippen LogP contribution in [0.5, 0.6) is 0 Å². The number of alkyl halides is 2. The highest BCUT2D eigenvalue weighted by Gasteiger charge is 2.37. The highest BCUT2D eigenvalue weighted by atomic mass is 19.3. The van der Waals surface area contributed by atoms with Crippen LogP contribution in [0.4, 0.5) is 8.78 Å². The van der Waals surface area contributed by atoms with Crippen molar-refractivity contribution >= 4 is 0 Å². The molecule has 0 heterocycles. The van der Waals surface area contributed by atoms with E-state index in [1.54, 1.807) is 0 Å². The van der Waals surface area contributed by atoms with E-state index in [1.165, 1.54) is 5.56 Å². The van der Waals surface area contributed by atoms with Crippen molar-refractivity contribution in [2.24, 2.45) is 5.92 Å². The maximum atomic E-state index is 13.1. The summed E-state index contributed by atoms with van der Waals surface area (Å²) < 4.78 is 26.3. The van der Waals surface area contributed by atoms with Crippen molar-refractivity contribution in [3.8, 4) is 0 Å². The molecular weight excluding hydrogens is 220 g/mol. The van der Waals surface area contributed by atoms with E-state index in [0.29, 0.717) is 18.8 Å². The summed E-state index contributed by atoms with van der Waals surface area (Å²) in [7, 11) is 1.91. The molecule has 1 aliphatic rings. The second-order valence-corrected chi connectivity index (χ2v) is 4.87. The average Bonchev–Trinajstić information content (AvgIpc) is 2.33. The Morgan fingerprint density at radius 3 is 2.29 bits per heavy atom. The van der Waals surface area contributed by atoms with Crippen molar-refractivity contribution in [2.75, 3.05) is 7.05 Å². The Labute approximate surface area is 101 Å². The minimum Gasteiger partial charge on any atom is -0.313 e. The van der Waals surface area contributed by atoms with Crippen LogP contribution < -0.4 is 5.32 Å². The smallest absolute Gasteiger partial charge is 0.248 e. The number of hydrogen-bond acceptors (Lipinski definition) is 1. The zero-order valence-corrected chi connectivity index (χ0v) is 10.1. The summed E-state index contributed by atoms with van der Waals surface area (Å²) in [5.74, 6) is -2.12. The van der Waals surface area contributed by atoms with E-state index >= 15 is 0 Å². The van der Waals surface area contributed by atoms with Crippen LogP contribution in [-0.2, 0) is 0 Å². The van der Waals surface area contributed by atoms with E-state index in [4.69, 9.17) is 0 Å². The van der Waals surface area contributed by atoms with Gasteiger partial charge in [0.1, 0.15) is 0 Å². The van der Waals surface area contributed by atoms with Gasteiger partial charge in [0, 0.05) is 18.9 Å². The zero-order valence-electron chi connectivity index (χ0n) is 10.1. The molecule has 94 valence electrons. The lowest BCUT2D eigenvalue weighted by molar-refractivity contribution is -0.0495. The lowest BCUT2D eigenvalue weighted by Gasteiger charge is -2.33. The van der Waals surface area contributed by atoms with Crippen LogP contribution in [0.1, 0.15) is 37.3 Å². The van der Waals surface area contributed by atoms with E-state index in [0.717, 1.165) is 0 Å². The molecule has 0 aromatic heterocycles. The molecular formula is C14H19F2N. The summed E-state index contributed by atoms with van der Waals surface area (Å²) >= 11 is 0. The fraction of sp³-hybridized carbons (Fsp3) is 0.571. The highest BCUT2D eigenvalue weighted by molar-refractivity contribution is 5.19. The minimum atomic E-state index is -2.44. The first-order valence-corrected chi connectivity index (χ1v) is 6.22. The molecule has 0 amide bonds. The van der Waals surface area contributed by atoms with Crippen molar-refractivity contribution in [3.05, 3.63) is 35.9 Å². The predicted molar refractivity (Wildman–Crippen MR) is 65.1 cm³/mol. The van der Waals surface area contributed by atoms with E-state index in [9.17, 15) is 8.78 Å². The van der Waals surface area contributed by atoms with Gasteiger partial charge in [-0.2, -0.15) is 0 Å². The van der Waals surface area contributed by atoms with Gasteiger partial charge >= 0.3 is 0 Å². The van der Waals surface area contributed by atoms with Crippen molar-refractivity contribution in [1.29, 1.82) is 0 Å². The van der Waals surface area contributed by atoms with Gasteiger partial charge in [0.2, 0.25) is 5.92 Å². The van der Waals surface area contributed by atoms with Gasteiger partial charge in [-0.25, -0.2) is 8.78 Å². The maximum Gasteiger partial charge on any atom is 0.248 e. The Morgan fingerprint density at radius 2 is 1.76 bits per heavy atom. The molecule has 1 aliphatic carbocycles. The van der Waals surface area contributed by atoms with Gasteiger partial charge in [0.15, 0.2) is 0 Å². The van der Waals surface area contributed by atoms with Gasteiger partial charge in [-0.3, -0.25) is 0 Å². The molecule has 1 nitrogen and oxygen atoms in total. The molecule has 0 radical (unpaired) electrons. The molecule has 1 fully saturated rings. The molecule has 1 aromatic rings. The standard InChI is InChI=1S/C14H19F2N/c1-17-13(11-5-3-2-4-6-11)12-7-9-14(15,16)10-8-12/h2-6,12-13,17H,7-10H2,1H3. The van der Waals surface area contributed by atoms with Crippen LogP contribution in [0.15, 0.2) is 30.3 Å². The Hall–Kier alpha value is -0.960. The molecule has 0 saturated heterocycles. The van der Waals surface area contributed by atoms with Gasteiger partial charge in [-0.05, 0) is 31.4 Å². The molecule has 17 heavy (non-hydrogen) atoms. The third kappa shape index (κ3) is 3.03. The Kier molecular flexibility index (Phi) is 3.77. The van der Waals surface area contributed by atoms with Crippen molar-refractivity contribution in [2.45, 2.75) is 37.6 Å². The van der Waals surface area contributed by atoms with E-state index in [2.05, 4.69) is 17.4 Å². The normalized spacial score (nSPS) is 22.3. The molecule has 0 bridgehead atoms. The largest absolute Gasteiger partial charge is 0.313 e. The Morgan fingerprint density at radius 1 is 1.18 bits per heavy atom. The molecule has 1 atom stereocenters. The van der Waals surface area contributed by atoms with Crippen molar-refractivity contribution in [3.63, 3.8) is 0 Å². The first kappa shape index (κ1) is 12.5. The predicted octanol–water partition coefficient (Wildman–Crippen LogP) is 3.77. The molecule has 1 unspecified atom stereocenters. The first-order chi connectivity index (χ1) is 8.12. The molecule has 1 N–H and O–H groups in total. The maximum absolute atomic E-state index is 13.1. The number of nitrogens with one attached hydrogen (secondary N) is 1. The Balaban J connectivity index is 2.05. The van der Waals surface area contributed by atoms with E-state index in [1.807, 2.05) is 25.2 Å². The summed E-state index contributed by atoms with van der Waals surface area (Å²) in [4.78, 5) is 0. The minimum absolute atomic E-state index is 0.0304. The molecule has 1 saturated carbocycles. The molecule has 3 heteroatoms. The topological polar surface area (TPSA) is 12.0 Å². The summed E-state index contributed by atoms with van der Waals surface area (Å²) in [6.07, 6.45) is 1.27. The fourth-order valence-electron chi connectivity index (χ4n) is 2.73. The zero-order chi connectivity index (χ0) is 12.3. The van der Waals surface area contributed by atoms with Gasteiger partial charge < -0.3 is 5.32 Å². The fourth-order valence-corrected chi connectivity index (χ4v) is 2.73. The second-order valence-electron chi connectivity index (χ2n) is 4.87. The number of halogens is 2.